The number of ether oxygens (including phenoxy) is 2. The number of amides is 1. The van der Waals surface area contributed by atoms with E-state index in [9.17, 15) is 4.79 Å². The van der Waals surface area contributed by atoms with Crippen LogP contribution in [0.4, 0.5) is 5.69 Å². The molecule has 6 heteroatoms. The van der Waals surface area contributed by atoms with Gasteiger partial charge in [0.15, 0.2) is 11.5 Å². The lowest BCUT2D eigenvalue weighted by Crippen LogP contribution is -2.25. The quantitative estimate of drug-likeness (QED) is 0.837. The zero-order valence-corrected chi connectivity index (χ0v) is 13.6. The highest BCUT2D eigenvalue weighted by atomic mass is 35.5. The van der Waals surface area contributed by atoms with Crippen molar-refractivity contribution in [2.24, 2.45) is 0 Å². The SMILES string of the molecule is O=C1C[C@@H](c2cccc(Cl)c2Cl)c2cc3c(cc2N1)OCCO3. The molecule has 2 aromatic rings. The number of benzene rings is 2. The van der Waals surface area contributed by atoms with E-state index in [0.717, 1.165) is 16.8 Å². The van der Waals surface area contributed by atoms with E-state index in [-0.39, 0.29) is 11.8 Å². The second kappa shape index (κ2) is 5.62. The van der Waals surface area contributed by atoms with Crippen LogP contribution in [-0.4, -0.2) is 19.1 Å². The Kier molecular flexibility index (Phi) is 3.58. The Balaban J connectivity index is 1.87. The zero-order chi connectivity index (χ0) is 16.0. The standard InChI is InChI=1S/C17H13Cl2NO3/c18-12-3-1-2-9(17(12)19)10-7-16(21)20-13-8-15-14(6-11(10)13)22-4-5-23-15/h1-3,6,8,10H,4-5,7H2,(H,20,21)/t10-/m0/s1. The molecule has 0 aliphatic carbocycles. The minimum atomic E-state index is -0.166. The van der Waals surface area contributed by atoms with E-state index < -0.39 is 0 Å². The fourth-order valence-corrected chi connectivity index (χ4v) is 3.50. The van der Waals surface area contributed by atoms with Crippen LogP contribution in [0.15, 0.2) is 30.3 Å². The van der Waals surface area contributed by atoms with E-state index in [0.29, 0.717) is 41.2 Å². The number of carbonyl (C=O) groups excluding carboxylic acids is 1. The molecule has 2 aliphatic heterocycles. The number of nitrogens with one attached hydrogen (secondary N) is 1. The van der Waals surface area contributed by atoms with Crippen LogP contribution in [0.2, 0.25) is 10.0 Å². The topological polar surface area (TPSA) is 47.6 Å². The molecule has 1 atom stereocenters. The Morgan fingerprint density at radius 1 is 1.04 bits per heavy atom. The molecule has 2 aromatic carbocycles. The van der Waals surface area contributed by atoms with E-state index >= 15 is 0 Å². The first-order valence-corrected chi connectivity index (χ1v) is 8.06. The average molecular weight is 350 g/mol. The van der Waals surface area contributed by atoms with Crippen molar-refractivity contribution in [2.45, 2.75) is 12.3 Å². The second-order valence-electron chi connectivity index (χ2n) is 5.53. The second-order valence-corrected chi connectivity index (χ2v) is 6.32. The smallest absolute Gasteiger partial charge is 0.225 e. The predicted octanol–water partition coefficient (Wildman–Crippen LogP) is 4.24. The van der Waals surface area contributed by atoms with Gasteiger partial charge in [0.1, 0.15) is 13.2 Å². The highest BCUT2D eigenvalue weighted by molar-refractivity contribution is 6.42. The maximum Gasteiger partial charge on any atom is 0.225 e. The minimum absolute atomic E-state index is 0.0600. The van der Waals surface area contributed by atoms with Crippen molar-refractivity contribution < 1.29 is 14.3 Å². The summed E-state index contributed by atoms with van der Waals surface area (Å²) in [5.74, 6) is 1.11. The first-order chi connectivity index (χ1) is 11.1. The molecular weight excluding hydrogens is 337 g/mol. The average Bonchev–Trinajstić information content (AvgIpc) is 2.55. The highest BCUT2D eigenvalue weighted by Gasteiger charge is 2.30. The molecule has 2 heterocycles. The molecule has 23 heavy (non-hydrogen) atoms. The molecule has 118 valence electrons. The van der Waals surface area contributed by atoms with Crippen molar-refractivity contribution in [3.63, 3.8) is 0 Å². The fraction of sp³-hybridized carbons (Fsp3) is 0.235. The first-order valence-electron chi connectivity index (χ1n) is 7.31. The van der Waals surface area contributed by atoms with Gasteiger partial charge in [0.2, 0.25) is 5.91 Å². The Hall–Kier alpha value is -1.91. The molecule has 0 unspecified atom stereocenters. The van der Waals surface area contributed by atoms with Gasteiger partial charge in [-0.05, 0) is 23.3 Å². The zero-order valence-electron chi connectivity index (χ0n) is 12.1. The van der Waals surface area contributed by atoms with Crippen LogP contribution < -0.4 is 14.8 Å². The van der Waals surface area contributed by atoms with Crippen molar-refractivity contribution in [3.05, 3.63) is 51.5 Å². The van der Waals surface area contributed by atoms with Gasteiger partial charge in [0.05, 0.1) is 10.0 Å². The van der Waals surface area contributed by atoms with Crippen LogP contribution in [-0.2, 0) is 4.79 Å². The van der Waals surface area contributed by atoms with Crippen LogP contribution in [0.25, 0.3) is 0 Å². The molecule has 1 amide bonds. The van der Waals surface area contributed by atoms with Crippen molar-refractivity contribution >= 4 is 34.8 Å². The summed E-state index contributed by atoms with van der Waals surface area (Å²) >= 11 is 12.5. The molecule has 0 fully saturated rings. The van der Waals surface area contributed by atoms with Gasteiger partial charge >= 0.3 is 0 Å². The maximum absolute atomic E-state index is 12.1. The molecule has 0 aromatic heterocycles. The molecule has 0 bridgehead atoms. The van der Waals surface area contributed by atoms with E-state index in [1.54, 1.807) is 6.07 Å². The van der Waals surface area contributed by atoms with Crippen LogP contribution >= 0.6 is 23.2 Å². The van der Waals surface area contributed by atoms with E-state index in [4.69, 9.17) is 32.7 Å². The number of halogens is 2. The minimum Gasteiger partial charge on any atom is -0.486 e. The summed E-state index contributed by atoms with van der Waals surface area (Å²) in [6.07, 6.45) is 0.312. The van der Waals surface area contributed by atoms with Crippen LogP contribution in [0.1, 0.15) is 23.5 Å². The van der Waals surface area contributed by atoms with Gasteiger partial charge in [0, 0.05) is 24.1 Å². The lowest BCUT2D eigenvalue weighted by molar-refractivity contribution is -0.116. The molecule has 0 saturated carbocycles. The number of carbonyl (C=O) groups is 1. The van der Waals surface area contributed by atoms with Gasteiger partial charge in [-0.2, -0.15) is 0 Å². The molecule has 2 aliphatic rings. The van der Waals surface area contributed by atoms with E-state index in [1.807, 2.05) is 24.3 Å². The van der Waals surface area contributed by atoms with Gasteiger partial charge in [-0.25, -0.2) is 0 Å². The molecule has 0 saturated heterocycles. The molecule has 0 radical (unpaired) electrons. The summed E-state index contributed by atoms with van der Waals surface area (Å²) in [6.45, 7) is 1.02. The number of rotatable bonds is 1. The summed E-state index contributed by atoms with van der Waals surface area (Å²) in [4.78, 5) is 12.1. The summed E-state index contributed by atoms with van der Waals surface area (Å²) in [5.41, 5.74) is 2.52. The Morgan fingerprint density at radius 2 is 1.78 bits per heavy atom. The molecule has 0 spiro atoms. The number of fused-ring (bicyclic) bond motifs is 2. The van der Waals surface area contributed by atoms with Crippen molar-refractivity contribution in [3.8, 4) is 11.5 Å². The monoisotopic (exact) mass is 349 g/mol. The van der Waals surface area contributed by atoms with Crippen molar-refractivity contribution in [2.75, 3.05) is 18.5 Å². The van der Waals surface area contributed by atoms with Gasteiger partial charge in [-0.3, -0.25) is 4.79 Å². The summed E-state index contributed by atoms with van der Waals surface area (Å²) < 4.78 is 11.2. The van der Waals surface area contributed by atoms with Gasteiger partial charge < -0.3 is 14.8 Å². The third-order valence-electron chi connectivity index (χ3n) is 4.11. The van der Waals surface area contributed by atoms with Crippen LogP contribution in [0, 0.1) is 0 Å². The van der Waals surface area contributed by atoms with Crippen molar-refractivity contribution in [1.29, 1.82) is 0 Å². The van der Waals surface area contributed by atoms with Gasteiger partial charge in [-0.15, -0.1) is 0 Å². The Labute approximate surface area is 143 Å². The number of hydrogen-bond acceptors (Lipinski definition) is 3. The molecular formula is C17H13Cl2NO3. The first kappa shape index (κ1) is 14.7. The van der Waals surface area contributed by atoms with Gasteiger partial charge in [0.25, 0.3) is 0 Å². The van der Waals surface area contributed by atoms with Gasteiger partial charge in [-0.1, -0.05) is 35.3 Å². The molecule has 4 nitrogen and oxygen atoms in total. The lowest BCUT2D eigenvalue weighted by Gasteiger charge is -2.29. The summed E-state index contributed by atoms with van der Waals surface area (Å²) in [6, 6.07) is 9.21. The Bertz CT molecular complexity index is 807. The number of hydrogen-bond donors (Lipinski definition) is 1. The van der Waals surface area contributed by atoms with E-state index in [1.165, 1.54) is 0 Å². The predicted molar refractivity (Wildman–Crippen MR) is 89.0 cm³/mol. The molecule has 1 N–H and O–H groups in total. The maximum atomic E-state index is 12.1. The van der Waals surface area contributed by atoms with Crippen LogP contribution in [0.3, 0.4) is 0 Å². The molecule has 4 rings (SSSR count). The highest BCUT2D eigenvalue weighted by Crippen LogP contribution is 2.46. The summed E-state index contributed by atoms with van der Waals surface area (Å²) in [5, 5.41) is 3.86. The lowest BCUT2D eigenvalue weighted by atomic mass is 9.84. The summed E-state index contributed by atoms with van der Waals surface area (Å²) in [7, 11) is 0. The number of anilines is 1. The largest absolute Gasteiger partial charge is 0.486 e. The third-order valence-corrected chi connectivity index (χ3v) is 4.94. The fourth-order valence-electron chi connectivity index (χ4n) is 3.06. The van der Waals surface area contributed by atoms with Crippen LogP contribution in [0.5, 0.6) is 11.5 Å². The normalized spacial score (nSPS) is 19.0. The van der Waals surface area contributed by atoms with E-state index in [2.05, 4.69) is 5.32 Å². The van der Waals surface area contributed by atoms with Crippen molar-refractivity contribution in [1.82, 2.24) is 0 Å². The Morgan fingerprint density at radius 3 is 2.57 bits per heavy atom. The third kappa shape index (κ3) is 2.52.